The summed E-state index contributed by atoms with van der Waals surface area (Å²) in [6.45, 7) is 1.48. The Balaban J connectivity index is 4.55. The van der Waals surface area contributed by atoms with E-state index >= 15 is 0 Å². The number of halogens is 1. The number of rotatable bonds is 3. The zero-order valence-corrected chi connectivity index (χ0v) is 6.88. The van der Waals surface area contributed by atoms with Gasteiger partial charge in [0, 0.05) is 0 Å². The Morgan fingerprint density at radius 2 is 1.70 bits per heavy atom. The fourth-order valence-electron chi connectivity index (χ4n) is 0.394. The molecule has 0 radical (unpaired) electrons. The van der Waals surface area contributed by atoms with Crippen LogP contribution in [0.4, 0.5) is 0 Å². The van der Waals surface area contributed by atoms with Gasteiger partial charge in [-0.25, -0.2) is 0 Å². The van der Waals surface area contributed by atoms with Crippen LogP contribution in [0.3, 0.4) is 0 Å². The second-order valence-corrected chi connectivity index (χ2v) is 3.12. The first-order valence-electron chi connectivity index (χ1n) is 2.61. The minimum Gasteiger partial charge on any atom is -0.480 e. The summed E-state index contributed by atoms with van der Waals surface area (Å²) in [4.78, 5) is 20.5. The van der Waals surface area contributed by atoms with E-state index in [4.69, 9.17) is 10.2 Å². The summed E-state index contributed by atoms with van der Waals surface area (Å²) in [5.74, 6) is -2.75. The standard InChI is InChI=1S/C5H7BrO4/c1-2-5(6,3(7)8)4(9)10/h2H2,1H3,(H,7,8)(H,9,10). The Hall–Kier alpha value is -0.580. The quantitative estimate of drug-likeness (QED) is 0.532. The summed E-state index contributed by atoms with van der Waals surface area (Å²) in [7, 11) is 0. The van der Waals surface area contributed by atoms with Crippen molar-refractivity contribution in [3.05, 3.63) is 0 Å². The SMILES string of the molecule is CCC(Br)(C(=O)O)C(=O)O. The molecular weight excluding hydrogens is 204 g/mol. The van der Waals surface area contributed by atoms with Gasteiger partial charge in [-0.3, -0.25) is 9.59 Å². The highest BCUT2D eigenvalue weighted by Gasteiger charge is 2.41. The van der Waals surface area contributed by atoms with Crippen molar-refractivity contribution in [2.45, 2.75) is 17.7 Å². The molecule has 0 unspecified atom stereocenters. The number of carbonyl (C=O) groups is 2. The third-order valence-corrected chi connectivity index (χ3v) is 2.40. The Morgan fingerprint density at radius 1 is 1.40 bits per heavy atom. The number of aliphatic carboxylic acids is 2. The molecule has 4 nitrogen and oxygen atoms in total. The lowest BCUT2D eigenvalue weighted by atomic mass is 10.1. The molecule has 0 heterocycles. The van der Waals surface area contributed by atoms with E-state index in [1.807, 2.05) is 0 Å². The first kappa shape index (κ1) is 9.42. The average Bonchev–Trinajstić information content (AvgIpc) is 1.85. The normalized spacial score (nSPS) is 11.0. The molecule has 0 aromatic carbocycles. The summed E-state index contributed by atoms with van der Waals surface area (Å²) in [5, 5.41) is 16.8. The third kappa shape index (κ3) is 1.47. The van der Waals surface area contributed by atoms with Crippen molar-refractivity contribution in [1.29, 1.82) is 0 Å². The highest BCUT2D eigenvalue weighted by atomic mass is 79.9. The minimum absolute atomic E-state index is 0.0116. The largest absolute Gasteiger partial charge is 0.480 e. The van der Waals surface area contributed by atoms with Crippen molar-refractivity contribution in [3.63, 3.8) is 0 Å². The van der Waals surface area contributed by atoms with E-state index in [2.05, 4.69) is 15.9 Å². The van der Waals surface area contributed by atoms with Crippen molar-refractivity contribution in [2.24, 2.45) is 0 Å². The van der Waals surface area contributed by atoms with Gasteiger partial charge in [0.2, 0.25) is 4.32 Å². The van der Waals surface area contributed by atoms with E-state index in [9.17, 15) is 9.59 Å². The van der Waals surface area contributed by atoms with Crippen LogP contribution in [0.5, 0.6) is 0 Å². The third-order valence-electron chi connectivity index (χ3n) is 1.17. The van der Waals surface area contributed by atoms with Crippen molar-refractivity contribution < 1.29 is 19.8 Å². The molecule has 0 fully saturated rings. The van der Waals surface area contributed by atoms with Crippen molar-refractivity contribution in [1.82, 2.24) is 0 Å². The van der Waals surface area contributed by atoms with Crippen LogP contribution < -0.4 is 0 Å². The molecule has 0 aliphatic carbocycles. The van der Waals surface area contributed by atoms with Gasteiger partial charge in [0.15, 0.2) is 0 Å². The molecule has 0 aromatic heterocycles. The molecular formula is C5H7BrO4. The van der Waals surface area contributed by atoms with Crippen molar-refractivity contribution in [3.8, 4) is 0 Å². The number of hydrogen-bond donors (Lipinski definition) is 2. The molecule has 2 N–H and O–H groups in total. The van der Waals surface area contributed by atoms with E-state index < -0.39 is 16.3 Å². The Morgan fingerprint density at radius 3 is 1.70 bits per heavy atom. The summed E-state index contributed by atoms with van der Waals surface area (Å²) in [6, 6.07) is 0. The molecule has 5 heteroatoms. The van der Waals surface area contributed by atoms with Gasteiger partial charge in [-0.2, -0.15) is 0 Å². The number of carboxylic acids is 2. The van der Waals surface area contributed by atoms with Crippen LogP contribution in [0, 0.1) is 0 Å². The summed E-state index contributed by atoms with van der Waals surface area (Å²) in [6.07, 6.45) is 0.0116. The van der Waals surface area contributed by atoms with Crippen LogP contribution in [-0.2, 0) is 9.59 Å². The maximum atomic E-state index is 10.3. The lowest BCUT2D eigenvalue weighted by Crippen LogP contribution is -2.39. The highest BCUT2D eigenvalue weighted by Crippen LogP contribution is 2.22. The fraction of sp³-hybridized carbons (Fsp3) is 0.600. The Kier molecular flexibility index (Phi) is 2.83. The topological polar surface area (TPSA) is 74.6 Å². The molecule has 0 aliphatic rings. The number of hydrogen-bond acceptors (Lipinski definition) is 2. The number of alkyl halides is 1. The van der Waals surface area contributed by atoms with Crippen LogP contribution in [-0.4, -0.2) is 26.5 Å². The molecule has 0 amide bonds. The van der Waals surface area contributed by atoms with E-state index in [1.54, 1.807) is 0 Å². The van der Waals surface area contributed by atoms with Gasteiger partial charge in [0.1, 0.15) is 0 Å². The van der Waals surface area contributed by atoms with E-state index in [0.29, 0.717) is 0 Å². The van der Waals surface area contributed by atoms with Gasteiger partial charge in [0.25, 0.3) is 0 Å². The molecule has 0 bridgehead atoms. The van der Waals surface area contributed by atoms with Crippen LogP contribution in [0.25, 0.3) is 0 Å². The van der Waals surface area contributed by atoms with E-state index in [1.165, 1.54) is 6.92 Å². The Labute approximate surface area is 66.0 Å². The maximum Gasteiger partial charge on any atom is 0.332 e. The molecule has 0 atom stereocenters. The lowest BCUT2D eigenvalue weighted by molar-refractivity contribution is -0.151. The molecule has 0 aliphatic heterocycles. The molecule has 0 saturated carbocycles. The zero-order valence-electron chi connectivity index (χ0n) is 5.30. The average molecular weight is 211 g/mol. The molecule has 10 heavy (non-hydrogen) atoms. The second-order valence-electron chi connectivity index (χ2n) is 1.77. The second kappa shape index (κ2) is 3.01. The highest BCUT2D eigenvalue weighted by molar-refractivity contribution is 9.10. The van der Waals surface area contributed by atoms with Crippen LogP contribution >= 0.6 is 15.9 Å². The molecule has 0 saturated heterocycles. The van der Waals surface area contributed by atoms with Gasteiger partial charge in [-0.1, -0.05) is 22.9 Å². The predicted octanol–water partition coefficient (Wildman–Crippen LogP) is 0.699. The number of carboxylic acid groups (broad SMARTS) is 2. The van der Waals surface area contributed by atoms with Crippen LogP contribution in [0.2, 0.25) is 0 Å². The Bertz CT molecular complexity index is 151. The van der Waals surface area contributed by atoms with Crippen molar-refractivity contribution >= 4 is 27.9 Å². The molecule has 0 spiro atoms. The molecule has 58 valence electrons. The van der Waals surface area contributed by atoms with Gasteiger partial charge < -0.3 is 10.2 Å². The summed E-state index contributed by atoms with van der Waals surface area (Å²) in [5.41, 5.74) is 0. The predicted molar refractivity (Wildman–Crippen MR) is 37.2 cm³/mol. The zero-order chi connectivity index (χ0) is 8.36. The maximum absolute atomic E-state index is 10.3. The van der Waals surface area contributed by atoms with Gasteiger partial charge in [-0.15, -0.1) is 0 Å². The summed E-state index contributed by atoms with van der Waals surface area (Å²) >= 11 is 2.61. The van der Waals surface area contributed by atoms with Crippen LogP contribution in [0.15, 0.2) is 0 Å². The lowest BCUT2D eigenvalue weighted by Gasteiger charge is -2.13. The van der Waals surface area contributed by atoms with Gasteiger partial charge in [0.05, 0.1) is 0 Å². The first-order valence-corrected chi connectivity index (χ1v) is 3.40. The van der Waals surface area contributed by atoms with Gasteiger partial charge in [-0.05, 0) is 6.42 Å². The fourth-order valence-corrected chi connectivity index (χ4v) is 0.394. The van der Waals surface area contributed by atoms with Gasteiger partial charge >= 0.3 is 11.9 Å². The molecule has 0 aromatic rings. The van der Waals surface area contributed by atoms with Crippen molar-refractivity contribution in [2.75, 3.05) is 0 Å². The summed E-state index contributed by atoms with van der Waals surface area (Å²) < 4.78 is -1.81. The molecule has 0 rings (SSSR count). The minimum atomic E-state index is -1.81. The smallest absolute Gasteiger partial charge is 0.332 e. The first-order chi connectivity index (χ1) is 4.45. The monoisotopic (exact) mass is 210 g/mol. The van der Waals surface area contributed by atoms with Crippen LogP contribution in [0.1, 0.15) is 13.3 Å². The van der Waals surface area contributed by atoms with E-state index in [0.717, 1.165) is 0 Å². The van der Waals surface area contributed by atoms with E-state index in [-0.39, 0.29) is 6.42 Å².